The third-order valence-electron chi connectivity index (χ3n) is 3.22. The van der Waals surface area contributed by atoms with Gasteiger partial charge in [-0.25, -0.2) is 0 Å². The van der Waals surface area contributed by atoms with Gasteiger partial charge in [0.05, 0.1) is 6.20 Å². The fourth-order valence-electron chi connectivity index (χ4n) is 2.20. The van der Waals surface area contributed by atoms with Gasteiger partial charge in [-0.1, -0.05) is 26.0 Å². The number of aromatic nitrogens is 1. The Kier molecular flexibility index (Phi) is 6.21. The first-order valence-corrected chi connectivity index (χ1v) is 8.14. The highest BCUT2D eigenvalue weighted by molar-refractivity contribution is 9.10. The maximum absolute atomic E-state index is 5.88. The number of pyridine rings is 1. The molecule has 1 unspecified atom stereocenters. The summed E-state index contributed by atoms with van der Waals surface area (Å²) < 4.78 is 6.79. The number of halogens is 1. The molecule has 4 heteroatoms. The zero-order valence-corrected chi connectivity index (χ0v) is 14.1. The Hall–Kier alpha value is -1.39. The van der Waals surface area contributed by atoms with Crippen molar-refractivity contribution in [3.63, 3.8) is 0 Å². The Balaban J connectivity index is 2.13. The number of hydrogen-bond acceptors (Lipinski definition) is 3. The van der Waals surface area contributed by atoms with E-state index in [1.807, 2.05) is 18.2 Å². The number of rotatable bonds is 7. The third-order valence-corrected chi connectivity index (χ3v) is 3.66. The molecule has 2 rings (SSSR count). The normalized spacial score (nSPS) is 12.1. The Morgan fingerprint density at radius 3 is 2.76 bits per heavy atom. The Labute approximate surface area is 134 Å². The van der Waals surface area contributed by atoms with Crippen molar-refractivity contribution in [1.82, 2.24) is 10.3 Å². The van der Waals surface area contributed by atoms with Crippen molar-refractivity contribution in [2.24, 2.45) is 0 Å². The summed E-state index contributed by atoms with van der Waals surface area (Å²) in [6.07, 6.45) is 5.65. The highest BCUT2D eigenvalue weighted by Gasteiger charge is 2.09. The molecule has 0 aliphatic rings. The minimum absolute atomic E-state index is 0.370. The van der Waals surface area contributed by atoms with E-state index in [0.717, 1.165) is 35.4 Å². The van der Waals surface area contributed by atoms with Crippen LogP contribution in [0.25, 0.3) is 0 Å². The summed E-state index contributed by atoms with van der Waals surface area (Å²) in [7, 11) is 0. The van der Waals surface area contributed by atoms with Gasteiger partial charge < -0.3 is 10.1 Å². The zero-order valence-electron chi connectivity index (χ0n) is 12.5. The van der Waals surface area contributed by atoms with Crippen LogP contribution in [0.2, 0.25) is 0 Å². The number of benzene rings is 1. The molecule has 0 fully saturated rings. The van der Waals surface area contributed by atoms with Crippen molar-refractivity contribution in [3.05, 3.63) is 52.8 Å². The molecule has 0 aliphatic heterocycles. The second kappa shape index (κ2) is 8.15. The predicted molar refractivity (Wildman–Crippen MR) is 89.8 cm³/mol. The summed E-state index contributed by atoms with van der Waals surface area (Å²) >= 11 is 3.40. The van der Waals surface area contributed by atoms with Crippen molar-refractivity contribution in [3.8, 4) is 11.5 Å². The van der Waals surface area contributed by atoms with Gasteiger partial charge in [-0.05, 0) is 59.1 Å². The second-order valence-electron chi connectivity index (χ2n) is 4.93. The number of ether oxygens (including phenoxy) is 1. The maximum Gasteiger partial charge on any atom is 0.146 e. The molecule has 1 N–H and O–H groups in total. The fraction of sp³-hybridized carbons (Fsp3) is 0.353. The molecule has 0 radical (unpaired) electrons. The quantitative estimate of drug-likeness (QED) is 0.756. The highest BCUT2D eigenvalue weighted by atomic mass is 79.9. The molecule has 1 aromatic carbocycles. The first-order chi connectivity index (χ1) is 10.2. The fourth-order valence-corrected chi connectivity index (χ4v) is 2.54. The van der Waals surface area contributed by atoms with Gasteiger partial charge in [0.2, 0.25) is 0 Å². The van der Waals surface area contributed by atoms with Gasteiger partial charge >= 0.3 is 0 Å². The van der Waals surface area contributed by atoms with Gasteiger partial charge in [-0.15, -0.1) is 0 Å². The van der Waals surface area contributed by atoms with Crippen LogP contribution in [0, 0.1) is 0 Å². The van der Waals surface area contributed by atoms with Crippen LogP contribution in [0.4, 0.5) is 0 Å². The molecule has 0 aliphatic carbocycles. The van der Waals surface area contributed by atoms with Crippen LogP contribution < -0.4 is 10.1 Å². The average Bonchev–Trinajstić information content (AvgIpc) is 2.48. The summed E-state index contributed by atoms with van der Waals surface area (Å²) in [5.74, 6) is 1.57. The molecule has 3 nitrogen and oxygen atoms in total. The van der Waals surface area contributed by atoms with E-state index in [1.54, 1.807) is 12.4 Å². The molecular weight excluding hydrogens is 328 g/mol. The van der Waals surface area contributed by atoms with Crippen LogP contribution in [-0.2, 0) is 0 Å². The summed E-state index contributed by atoms with van der Waals surface area (Å²) in [4.78, 5) is 4.11. The molecule has 21 heavy (non-hydrogen) atoms. The van der Waals surface area contributed by atoms with Crippen LogP contribution in [0.1, 0.15) is 38.3 Å². The summed E-state index contributed by atoms with van der Waals surface area (Å²) in [6.45, 7) is 5.40. The van der Waals surface area contributed by atoms with E-state index >= 15 is 0 Å². The lowest BCUT2D eigenvalue weighted by molar-refractivity contribution is 0.473. The van der Waals surface area contributed by atoms with Crippen molar-refractivity contribution in [2.45, 2.75) is 32.7 Å². The lowest BCUT2D eigenvalue weighted by Crippen LogP contribution is -2.21. The van der Waals surface area contributed by atoms with E-state index in [4.69, 9.17) is 4.74 Å². The standard InChI is InChI=1S/C17H21BrN2O/c1-3-8-20-17(4-2)13-6-5-7-15(9-13)21-16-10-14(18)11-19-12-16/h5-7,9-12,17,20H,3-4,8H2,1-2H3. The van der Waals surface area contributed by atoms with Gasteiger partial charge in [-0.2, -0.15) is 0 Å². The molecule has 0 saturated heterocycles. The van der Waals surface area contributed by atoms with Crippen LogP contribution in [0.15, 0.2) is 47.2 Å². The topological polar surface area (TPSA) is 34.1 Å². The summed E-state index contributed by atoms with van der Waals surface area (Å²) in [6, 6.07) is 10.5. The molecular formula is C17H21BrN2O. The van der Waals surface area contributed by atoms with Gasteiger partial charge in [-0.3, -0.25) is 4.98 Å². The van der Waals surface area contributed by atoms with Crippen molar-refractivity contribution in [1.29, 1.82) is 0 Å². The van der Waals surface area contributed by atoms with Gasteiger partial charge in [0, 0.05) is 16.7 Å². The monoisotopic (exact) mass is 348 g/mol. The average molecular weight is 349 g/mol. The van der Waals surface area contributed by atoms with Gasteiger partial charge in [0.15, 0.2) is 0 Å². The van der Waals surface area contributed by atoms with E-state index in [1.165, 1.54) is 5.56 Å². The second-order valence-corrected chi connectivity index (χ2v) is 5.84. The molecule has 1 atom stereocenters. The molecule has 2 aromatic rings. The maximum atomic E-state index is 5.88. The SMILES string of the molecule is CCCNC(CC)c1cccc(Oc2cncc(Br)c2)c1. The van der Waals surface area contributed by atoms with Crippen molar-refractivity contribution in [2.75, 3.05) is 6.54 Å². The minimum atomic E-state index is 0.370. The number of nitrogens with zero attached hydrogens (tertiary/aromatic N) is 1. The van der Waals surface area contributed by atoms with Crippen LogP contribution in [-0.4, -0.2) is 11.5 Å². The largest absolute Gasteiger partial charge is 0.456 e. The van der Waals surface area contributed by atoms with E-state index in [2.05, 4.69) is 52.2 Å². The molecule has 1 heterocycles. The first-order valence-electron chi connectivity index (χ1n) is 7.34. The molecule has 0 saturated carbocycles. The molecule has 112 valence electrons. The van der Waals surface area contributed by atoms with Crippen molar-refractivity contribution >= 4 is 15.9 Å². The van der Waals surface area contributed by atoms with Crippen LogP contribution >= 0.6 is 15.9 Å². The lowest BCUT2D eigenvalue weighted by atomic mass is 10.0. The Bertz CT molecular complexity index is 574. The third kappa shape index (κ3) is 4.83. The molecule has 0 amide bonds. The van der Waals surface area contributed by atoms with Crippen LogP contribution in [0.5, 0.6) is 11.5 Å². The molecule has 0 spiro atoms. The van der Waals surface area contributed by atoms with E-state index < -0.39 is 0 Å². The summed E-state index contributed by atoms with van der Waals surface area (Å²) in [5.41, 5.74) is 1.26. The smallest absolute Gasteiger partial charge is 0.146 e. The number of nitrogens with one attached hydrogen (secondary N) is 1. The molecule has 1 aromatic heterocycles. The van der Waals surface area contributed by atoms with E-state index in [9.17, 15) is 0 Å². The van der Waals surface area contributed by atoms with Gasteiger partial charge in [0.1, 0.15) is 11.5 Å². The Morgan fingerprint density at radius 2 is 2.05 bits per heavy atom. The Morgan fingerprint density at radius 1 is 1.19 bits per heavy atom. The predicted octanol–water partition coefficient (Wildman–Crippen LogP) is 5.09. The summed E-state index contributed by atoms with van der Waals surface area (Å²) in [5, 5.41) is 3.56. The highest BCUT2D eigenvalue weighted by Crippen LogP contribution is 2.26. The van der Waals surface area contributed by atoms with E-state index in [0.29, 0.717) is 6.04 Å². The van der Waals surface area contributed by atoms with Gasteiger partial charge in [0.25, 0.3) is 0 Å². The minimum Gasteiger partial charge on any atom is -0.456 e. The first kappa shape index (κ1) is 16.0. The van der Waals surface area contributed by atoms with Crippen LogP contribution in [0.3, 0.4) is 0 Å². The number of hydrogen-bond donors (Lipinski definition) is 1. The molecule has 0 bridgehead atoms. The lowest BCUT2D eigenvalue weighted by Gasteiger charge is -2.18. The zero-order chi connectivity index (χ0) is 15.1. The van der Waals surface area contributed by atoms with E-state index in [-0.39, 0.29) is 0 Å². The van der Waals surface area contributed by atoms with Crippen molar-refractivity contribution < 1.29 is 4.74 Å².